The van der Waals surface area contributed by atoms with E-state index in [1.54, 1.807) is 0 Å². The van der Waals surface area contributed by atoms with Gasteiger partial charge in [0.2, 0.25) is 5.91 Å². The summed E-state index contributed by atoms with van der Waals surface area (Å²) in [5.41, 5.74) is 2.46. The molecule has 1 heterocycles. The van der Waals surface area contributed by atoms with E-state index in [2.05, 4.69) is 58.6 Å². The fourth-order valence-electron chi connectivity index (χ4n) is 4.07. The van der Waals surface area contributed by atoms with Crippen LogP contribution < -0.4 is 10.6 Å². The maximum absolute atomic E-state index is 12.3. The van der Waals surface area contributed by atoms with E-state index in [9.17, 15) is 4.79 Å². The largest absolute Gasteiger partial charge is 0.370 e. The summed E-state index contributed by atoms with van der Waals surface area (Å²) in [6.07, 6.45) is 5.92. The van der Waals surface area contributed by atoms with E-state index in [1.807, 2.05) is 0 Å². The Morgan fingerprint density at radius 2 is 2.04 bits per heavy atom. The molecule has 1 amide bonds. The number of aliphatic imine (C=N–C) groups is 1. The predicted molar refractivity (Wildman–Crippen MR) is 112 cm³/mol. The number of ether oxygens (including phenoxy) is 1. The van der Waals surface area contributed by atoms with Crippen molar-refractivity contribution in [3.8, 4) is 0 Å². The van der Waals surface area contributed by atoms with Crippen molar-refractivity contribution >= 4 is 11.9 Å². The average molecular weight is 387 g/mol. The van der Waals surface area contributed by atoms with Crippen molar-refractivity contribution in [3.63, 3.8) is 0 Å². The van der Waals surface area contributed by atoms with E-state index in [1.165, 1.54) is 30.4 Å². The molecule has 154 valence electrons. The molecule has 1 aromatic carbocycles. The minimum atomic E-state index is 0.0195. The topological polar surface area (TPSA) is 66.0 Å². The highest BCUT2D eigenvalue weighted by Crippen LogP contribution is 2.25. The van der Waals surface area contributed by atoms with Crippen LogP contribution in [0.2, 0.25) is 0 Å². The maximum atomic E-state index is 12.3. The summed E-state index contributed by atoms with van der Waals surface area (Å²) in [6, 6.07) is 8.68. The molecule has 6 heteroatoms. The van der Waals surface area contributed by atoms with Gasteiger partial charge in [0, 0.05) is 19.1 Å². The highest BCUT2D eigenvalue weighted by atomic mass is 16.5. The van der Waals surface area contributed by atoms with E-state index in [-0.39, 0.29) is 18.6 Å². The number of carbonyl (C=O) groups excluding carboxylic acids is 1. The Morgan fingerprint density at radius 3 is 2.79 bits per heavy atom. The van der Waals surface area contributed by atoms with Gasteiger partial charge in [-0.05, 0) is 37.8 Å². The lowest BCUT2D eigenvalue weighted by atomic mass is 9.95. The molecule has 2 aliphatic rings. The first-order valence-corrected chi connectivity index (χ1v) is 10.7. The van der Waals surface area contributed by atoms with E-state index in [0.29, 0.717) is 12.6 Å². The molecule has 3 rings (SSSR count). The van der Waals surface area contributed by atoms with E-state index >= 15 is 0 Å². The predicted octanol–water partition coefficient (Wildman–Crippen LogP) is 2.78. The average Bonchev–Trinajstić information content (AvgIpc) is 2.72. The summed E-state index contributed by atoms with van der Waals surface area (Å²) >= 11 is 0. The molecule has 0 radical (unpaired) electrons. The first kappa shape index (κ1) is 20.6. The summed E-state index contributed by atoms with van der Waals surface area (Å²) in [4.78, 5) is 19.2. The van der Waals surface area contributed by atoms with Crippen molar-refractivity contribution in [3.05, 3.63) is 35.4 Å². The van der Waals surface area contributed by atoms with Crippen LogP contribution in [0.5, 0.6) is 0 Å². The number of rotatable bonds is 5. The number of morpholine rings is 1. The fourth-order valence-corrected chi connectivity index (χ4v) is 4.07. The van der Waals surface area contributed by atoms with E-state index < -0.39 is 0 Å². The van der Waals surface area contributed by atoms with Crippen molar-refractivity contribution in [2.45, 2.75) is 58.1 Å². The summed E-state index contributed by atoms with van der Waals surface area (Å²) in [5.74, 6) is 0.814. The molecule has 28 heavy (non-hydrogen) atoms. The monoisotopic (exact) mass is 386 g/mol. The van der Waals surface area contributed by atoms with Crippen molar-refractivity contribution in [2.24, 2.45) is 4.99 Å². The quantitative estimate of drug-likeness (QED) is 0.603. The Labute approximate surface area is 168 Å². The molecule has 0 aromatic heterocycles. The van der Waals surface area contributed by atoms with Gasteiger partial charge in [-0.25, -0.2) is 4.99 Å². The lowest BCUT2D eigenvalue weighted by Gasteiger charge is -2.35. The minimum absolute atomic E-state index is 0.0195. The van der Waals surface area contributed by atoms with Crippen molar-refractivity contribution in [1.29, 1.82) is 0 Å². The third-order valence-corrected chi connectivity index (χ3v) is 5.58. The molecule has 6 nitrogen and oxygen atoms in total. The Hall–Kier alpha value is -2.08. The molecule has 0 bridgehead atoms. The maximum Gasteiger partial charge on any atom is 0.242 e. The molecule has 1 aromatic rings. The Morgan fingerprint density at radius 1 is 1.25 bits per heavy atom. The number of aryl methyl sites for hydroxylation is 1. The number of amides is 1. The Bertz CT molecular complexity index is 670. The summed E-state index contributed by atoms with van der Waals surface area (Å²) in [5, 5.41) is 6.48. The number of benzene rings is 1. The van der Waals surface area contributed by atoms with Gasteiger partial charge < -0.3 is 20.3 Å². The second-order valence-corrected chi connectivity index (χ2v) is 7.73. The van der Waals surface area contributed by atoms with Crippen molar-refractivity contribution in [1.82, 2.24) is 15.5 Å². The number of hydrogen-bond donors (Lipinski definition) is 2. The summed E-state index contributed by atoms with van der Waals surface area (Å²) in [6.45, 7) is 7.28. The first-order chi connectivity index (χ1) is 13.7. The van der Waals surface area contributed by atoms with Crippen LogP contribution in [0.1, 0.15) is 56.3 Å². The van der Waals surface area contributed by atoms with Gasteiger partial charge in [-0.3, -0.25) is 4.79 Å². The summed E-state index contributed by atoms with van der Waals surface area (Å²) in [7, 11) is 0. The van der Waals surface area contributed by atoms with Crippen LogP contribution in [0.25, 0.3) is 0 Å². The Balaban J connectivity index is 1.61. The van der Waals surface area contributed by atoms with Gasteiger partial charge in [-0.15, -0.1) is 0 Å². The van der Waals surface area contributed by atoms with Gasteiger partial charge >= 0.3 is 0 Å². The third kappa shape index (κ3) is 5.71. The Kier molecular flexibility index (Phi) is 7.71. The van der Waals surface area contributed by atoms with E-state index in [4.69, 9.17) is 4.74 Å². The lowest BCUT2D eigenvalue weighted by molar-refractivity contribution is -0.120. The first-order valence-electron chi connectivity index (χ1n) is 10.7. The molecule has 1 saturated carbocycles. The minimum Gasteiger partial charge on any atom is -0.370 e. The van der Waals surface area contributed by atoms with Gasteiger partial charge in [0.15, 0.2) is 5.96 Å². The van der Waals surface area contributed by atoms with Crippen LogP contribution in [0.15, 0.2) is 29.3 Å². The van der Waals surface area contributed by atoms with Gasteiger partial charge in [0.25, 0.3) is 0 Å². The van der Waals surface area contributed by atoms with Crippen LogP contribution in [0, 0.1) is 6.92 Å². The smallest absolute Gasteiger partial charge is 0.242 e. The lowest BCUT2D eigenvalue weighted by Crippen LogP contribution is -2.48. The van der Waals surface area contributed by atoms with E-state index in [0.717, 1.165) is 38.4 Å². The molecule has 1 aliphatic carbocycles. The standard InChI is InChI=1S/C22H34N4O2/c1-3-23-22(24-15-21(27)25-18-10-5-4-6-11-18)26-13-14-28-20(16-26)19-12-8-7-9-17(19)2/h7-9,12,18,20H,3-6,10-11,13-16H2,1-2H3,(H,23,24)(H,25,27). The van der Waals surface area contributed by atoms with Crippen LogP contribution in [0.3, 0.4) is 0 Å². The highest BCUT2D eigenvalue weighted by Gasteiger charge is 2.25. The second kappa shape index (κ2) is 10.5. The normalized spacial score (nSPS) is 21.4. The zero-order valence-electron chi connectivity index (χ0n) is 17.2. The van der Waals surface area contributed by atoms with Crippen molar-refractivity contribution in [2.75, 3.05) is 32.8 Å². The zero-order valence-corrected chi connectivity index (χ0v) is 17.2. The van der Waals surface area contributed by atoms with Gasteiger partial charge in [-0.2, -0.15) is 0 Å². The van der Waals surface area contributed by atoms with Crippen molar-refractivity contribution < 1.29 is 9.53 Å². The molecule has 1 saturated heterocycles. The fraction of sp³-hybridized carbons (Fsp3) is 0.636. The molecule has 2 fully saturated rings. The zero-order chi connectivity index (χ0) is 19.8. The number of hydrogen-bond acceptors (Lipinski definition) is 3. The van der Waals surface area contributed by atoms with Gasteiger partial charge in [-0.1, -0.05) is 43.5 Å². The molecule has 1 atom stereocenters. The molecular formula is C22H34N4O2. The molecule has 2 N–H and O–H groups in total. The van der Waals surface area contributed by atoms with Gasteiger partial charge in [0.05, 0.1) is 13.2 Å². The van der Waals surface area contributed by atoms with Crippen LogP contribution in [-0.2, 0) is 9.53 Å². The molecule has 1 unspecified atom stereocenters. The molecule has 1 aliphatic heterocycles. The summed E-state index contributed by atoms with van der Waals surface area (Å²) < 4.78 is 6.03. The molecule has 0 spiro atoms. The van der Waals surface area contributed by atoms with Gasteiger partial charge in [0.1, 0.15) is 12.6 Å². The van der Waals surface area contributed by atoms with Crippen LogP contribution in [-0.4, -0.2) is 55.6 Å². The second-order valence-electron chi connectivity index (χ2n) is 7.73. The number of guanidine groups is 1. The number of carbonyl (C=O) groups is 1. The molecular weight excluding hydrogens is 352 g/mol. The third-order valence-electron chi connectivity index (χ3n) is 5.58. The van der Waals surface area contributed by atoms with Crippen LogP contribution in [0.4, 0.5) is 0 Å². The number of nitrogens with one attached hydrogen (secondary N) is 2. The van der Waals surface area contributed by atoms with Crippen LogP contribution >= 0.6 is 0 Å². The highest BCUT2D eigenvalue weighted by molar-refractivity contribution is 5.85. The number of nitrogens with zero attached hydrogens (tertiary/aromatic N) is 2. The SMILES string of the molecule is CCNC(=NCC(=O)NC1CCCCC1)N1CCOC(c2ccccc2C)C1.